The second-order valence-corrected chi connectivity index (χ2v) is 4.18. The average Bonchev–Trinajstić information content (AvgIpc) is 2.74. The number of aryl methyl sites for hydroxylation is 1. The van der Waals surface area contributed by atoms with Crippen molar-refractivity contribution < 1.29 is 14.3 Å². The minimum Gasteiger partial charge on any atom is -0.478 e. The van der Waals surface area contributed by atoms with E-state index in [4.69, 9.17) is 5.11 Å². The van der Waals surface area contributed by atoms with Gasteiger partial charge in [-0.05, 0) is 6.07 Å². The second-order valence-electron chi connectivity index (χ2n) is 4.18. The molecule has 19 heavy (non-hydrogen) atoms. The van der Waals surface area contributed by atoms with Gasteiger partial charge in [-0.25, -0.2) is 14.2 Å². The first kappa shape index (κ1) is 13.0. The Kier molecular flexibility index (Phi) is 3.46. The van der Waals surface area contributed by atoms with E-state index in [-0.39, 0.29) is 11.4 Å². The molecule has 0 bridgehead atoms. The summed E-state index contributed by atoms with van der Waals surface area (Å²) < 4.78 is 15.6. The van der Waals surface area contributed by atoms with E-state index in [1.54, 1.807) is 36.1 Å². The maximum absolute atomic E-state index is 14.0. The Balaban J connectivity index is 2.26. The zero-order valence-electron chi connectivity index (χ0n) is 10.5. The van der Waals surface area contributed by atoms with Gasteiger partial charge in [0.1, 0.15) is 5.56 Å². The molecule has 0 saturated heterocycles. The first-order valence-electron chi connectivity index (χ1n) is 5.55. The van der Waals surface area contributed by atoms with E-state index in [1.165, 1.54) is 6.20 Å². The molecule has 0 aliphatic rings. The summed E-state index contributed by atoms with van der Waals surface area (Å²) >= 11 is 0. The highest BCUT2D eigenvalue weighted by Crippen LogP contribution is 2.19. The number of aromatic nitrogens is 3. The summed E-state index contributed by atoms with van der Waals surface area (Å²) in [5, 5.41) is 12.9. The molecule has 0 aliphatic heterocycles. The number of nitrogens with zero attached hydrogens (tertiary/aromatic N) is 4. The zero-order valence-corrected chi connectivity index (χ0v) is 10.5. The Morgan fingerprint density at radius 3 is 2.89 bits per heavy atom. The van der Waals surface area contributed by atoms with Crippen molar-refractivity contribution in [1.29, 1.82) is 0 Å². The highest BCUT2D eigenvalue weighted by Gasteiger charge is 2.18. The van der Waals surface area contributed by atoms with Crippen LogP contribution in [0.4, 0.5) is 10.2 Å². The summed E-state index contributed by atoms with van der Waals surface area (Å²) in [6.07, 6.45) is 4.74. The minimum absolute atomic E-state index is 0.00348. The van der Waals surface area contributed by atoms with Gasteiger partial charge in [-0.1, -0.05) is 0 Å². The number of carboxylic acid groups (broad SMARTS) is 1. The van der Waals surface area contributed by atoms with E-state index in [1.807, 2.05) is 0 Å². The zero-order chi connectivity index (χ0) is 14.0. The number of carboxylic acids is 1. The van der Waals surface area contributed by atoms with Gasteiger partial charge < -0.3 is 10.0 Å². The number of rotatable bonds is 4. The van der Waals surface area contributed by atoms with Crippen LogP contribution in [0.5, 0.6) is 0 Å². The molecule has 2 heterocycles. The molecular weight excluding hydrogens is 251 g/mol. The van der Waals surface area contributed by atoms with Crippen LogP contribution in [-0.2, 0) is 13.6 Å². The lowest BCUT2D eigenvalue weighted by Gasteiger charge is -2.18. The molecule has 0 unspecified atom stereocenters. The molecule has 100 valence electrons. The third-order valence-electron chi connectivity index (χ3n) is 2.64. The molecule has 1 N–H and O–H groups in total. The van der Waals surface area contributed by atoms with Gasteiger partial charge >= 0.3 is 5.97 Å². The highest BCUT2D eigenvalue weighted by molar-refractivity contribution is 5.88. The van der Waals surface area contributed by atoms with Gasteiger partial charge in [0.15, 0.2) is 11.6 Å². The molecule has 2 aromatic rings. The van der Waals surface area contributed by atoms with Crippen LogP contribution in [0.15, 0.2) is 24.7 Å². The van der Waals surface area contributed by atoms with Gasteiger partial charge in [0.05, 0.1) is 6.20 Å². The first-order valence-corrected chi connectivity index (χ1v) is 5.55. The van der Waals surface area contributed by atoms with Crippen LogP contribution < -0.4 is 4.90 Å². The molecule has 0 aliphatic carbocycles. The van der Waals surface area contributed by atoms with Crippen LogP contribution in [0.3, 0.4) is 0 Å². The van der Waals surface area contributed by atoms with Crippen molar-refractivity contribution in [3.05, 3.63) is 41.6 Å². The fourth-order valence-electron chi connectivity index (χ4n) is 1.77. The summed E-state index contributed by atoms with van der Waals surface area (Å²) in [6, 6.07) is 1.14. The summed E-state index contributed by atoms with van der Waals surface area (Å²) in [5.41, 5.74) is 0.495. The van der Waals surface area contributed by atoms with Crippen molar-refractivity contribution >= 4 is 11.8 Å². The predicted molar refractivity (Wildman–Crippen MR) is 66.5 cm³/mol. The van der Waals surface area contributed by atoms with Gasteiger partial charge in [0.25, 0.3) is 0 Å². The van der Waals surface area contributed by atoms with Crippen LogP contribution in [0.2, 0.25) is 0 Å². The van der Waals surface area contributed by atoms with E-state index in [0.717, 1.165) is 11.6 Å². The van der Waals surface area contributed by atoms with E-state index in [9.17, 15) is 9.18 Å². The van der Waals surface area contributed by atoms with Crippen molar-refractivity contribution in [2.45, 2.75) is 6.54 Å². The van der Waals surface area contributed by atoms with Gasteiger partial charge in [0.2, 0.25) is 0 Å². The normalized spacial score (nSPS) is 10.5. The van der Waals surface area contributed by atoms with Gasteiger partial charge in [0, 0.05) is 38.6 Å². The molecule has 0 aromatic carbocycles. The van der Waals surface area contributed by atoms with Crippen molar-refractivity contribution in [2.75, 3.05) is 11.9 Å². The van der Waals surface area contributed by atoms with Crippen molar-refractivity contribution in [2.24, 2.45) is 7.05 Å². The van der Waals surface area contributed by atoms with Crippen LogP contribution >= 0.6 is 0 Å². The SMILES string of the molecule is CN(Cc1cnn(C)c1)c1nccc(C(=O)O)c1F. The lowest BCUT2D eigenvalue weighted by Crippen LogP contribution is -2.20. The van der Waals surface area contributed by atoms with E-state index < -0.39 is 11.8 Å². The van der Waals surface area contributed by atoms with Gasteiger partial charge in [-0.2, -0.15) is 5.10 Å². The predicted octanol–water partition coefficient (Wildman–Crippen LogP) is 1.29. The molecule has 0 atom stereocenters. The van der Waals surface area contributed by atoms with E-state index >= 15 is 0 Å². The van der Waals surface area contributed by atoms with Crippen molar-refractivity contribution in [1.82, 2.24) is 14.8 Å². The molecule has 0 amide bonds. The molecule has 2 rings (SSSR count). The third kappa shape index (κ3) is 2.70. The Morgan fingerprint density at radius 2 is 2.32 bits per heavy atom. The number of anilines is 1. The Labute approximate surface area is 109 Å². The monoisotopic (exact) mass is 264 g/mol. The average molecular weight is 264 g/mol. The molecule has 2 aromatic heterocycles. The molecule has 0 fully saturated rings. The summed E-state index contributed by atoms with van der Waals surface area (Å²) in [4.78, 5) is 16.3. The minimum atomic E-state index is -1.31. The lowest BCUT2D eigenvalue weighted by molar-refractivity contribution is 0.0692. The van der Waals surface area contributed by atoms with Crippen LogP contribution in [0, 0.1) is 5.82 Å². The Morgan fingerprint density at radius 1 is 1.58 bits per heavy atom. The standard InChI is InChI=1S/C12H13FN4O2/c1-16(6-8-5-15-17(2)7-8)11-10(13)9(12(18)19)3-4-14-11/h3-5,7H,6H2,1-2H3,(H,18,19). The molecule has 0 saturated carbocycles. The lowest BCUT2D eigenvalue weighted by atomic mass is 10.2. The smallest absolute Gasteiger partial charge is 0.338 e. The van der Waals surface area contributed by atoms with Crippen molar-refractivity contribution in [3.63, 3.8) is 0 Å². The summed E-state index contributed by atoms with van der Waals surface area (Å²) in [5.74, 6) is -2.14. The fourth-order valence-corrected chi connectivity index (χ4v) is 1.77. The van der Waals surface area contributed by atoms with Crippen LogP contribution in [-0.4, -0.2) is 32.9 Å². The molecule has 6 nitrogen and oxygen atoms in total. The summed E-state index contributed by atoms with van der Waals surface area (Å²) in [7, 11) is 3.43. The number of pyridine rings is 1. The largest absolute Gasteiger partial charge is 0.478 e. The number of halogens is 1. The third-order valence-corrected chi connectivity index (χ3v) is 2.64. The Bertz CT molecular complexity index is 612. The van der Waals surface area contributed by atoms with E-state index in [2.05, 4.69) is 10.1 Å². The highest BCUT2D eigenvalue weighted by atomic mass is 19.1. The maximum Gasteiger partial charge on any atom is 0.338 e. The topological polar surface area (TPSA) is 71.2 Å². The first-order chi connectivity index (χ1) is 8.99. The molecule has 0 spiro atoms. The molecule has 7 heteroatoms. The number of hydrogen-bond donors (Lipinski definition) is 1. The quantitative estimate of drug-likeness (QED) is 0.901. The van der Waals surface area contributed by atoms with Crippen molar-refractivity contribution in [3.8, 4) is 0 Å². The Hall–Kier alpha value is -2.44. The summed E-state index contributed by atoms with van der Waals surface area (Å²) in [6.45, 7) is 0.390. The second kappa shape index (κ2) is 5.05. The van der Waals surface area contributed by atoms with Gasteiger partial charge in [-0.3, -0.25) is 4.68 Å². The number of aromatic carboxylic acids is 1. The van der Waals surface area contributed by atoms with E-state index in [0.29, 0.717) is 6.54 Å². The van der Waals surface area contributed by atoms with Crippen LogP contribution in [0.1, 0.15) is 15.9 Å². The number of carbonyl (C=O) groups is 1. The van der Waals surface area contributed by atoms with Gasteiger partial charge in [-0.15, -0.1) is 0 Å². The number of hydrogen-bond acceptors (Lipinski definition) is 4. The maximum atomic E-state index is 14.0. The molecular formula is C12H13FN4O2. The van der Waals surface area contributed by atoms with Crippen LogP contribution in [0.25, 0.3) is 0 Å². The fraction of sp³-hybridized carbons (Fsp3) is 0.250. The molecule has 0 radical (unpaired) electrons.